The highest BCUT2D eigenvalue weighted by atomic mass is 35.5. The minimum atomic E-state index is -0.222. The Hall–Kier alpha value is -0.320. The second-order valence-corrected chi connectivity index (χ2v) is 2.75. The van der Waals surface area contributed by atoms with Gasteiger partial charge in [0, 0.05) is 6.04 Å². The second-order valence-electron chi connectivity index (χ2n) is 2.75. The van der Waals surface area contributed by atoms with E-state index in [4.69, 9.17) is 10.5 Å². The molecule has 0 aromatic rings. The summed E-state index contributed by atoms with van der Waals surface area (Å²) in [5.41, 5.74) is 5.58. The van der Waals surface area contributed by atoms with E-state index in [0.29, 0.717) is 19.6 Å². The molecule has 0 aromatic heterocycles. The van der Waals surface area contributed by atoms with Crippen LogP contribution in [-0.2, 0) is 14.3 Å². The standard InChI is InChI=1S/C7H13NO3.ClH/c1-10-7(9)5-2-6(8)4-11-3-5;/h5-6H,2-4,8H2,1H3;1H. The van der Waals surface area contributed by atoms with E-state index in [1.807, 2.05) is 0 Å². The molecule has 1 heterocycles. The third-order valence-corrected chi connectivity index (χ3v) is 1.77. The number of esters is 1. The van der Waals surface area contributed by atoms with Crippen molar-refractivity contribution in [2.24, 2.45) is 11.7 Å². The highest BCUT2D eigenvalue weighted by Gasteiger charge is 2.26. The summed E-state index contributed by atoms with van der Waals surface area (Å²) < 4.78 is 9.66. The zero-order chi connectivity index (χ0) is 8.27. The summed E-state index contributed by atoms with van der Waals surface area (Å²) in [6.45, 7) is 0.994. The Morgan fingerprint density at radius 1 is 1.58 bits per heavy atom. The van der Waals surface area contributed by atoms with Crippen LogP contribution in [0.1, 0.15) is 6.42 Å². The van der Waals surface area contributed by atoms with Crippen molar-refractivity contribution in [1.29, 1.82) is 0 Å². The Labute approximate surface area is 77.8 Å². The molecule has 0 aromatic carbocycles. The fourth-order valence-electron chi connectivity index (χ4n) is 1.19. The lowest BCUT2D eigenvalue weighted by molar-refractivity contribution is -0.150. The fraction of sp³-hybridized carbons (Fsp3) is 0.857. The molecule has 1 saturated heterocycles. The third kappa shape index (κ3) is 2.97. The molecule has 1 aliphatic heterocycles. The van der Waals surface area contributed by atoms with Crippen molar-refractivity contribution >= 4 is 18.4 Å². The Morgan fingerprint density at radius 2 is 2.25 bits per heavy atom. The van der Waals surface area contributed by atoms with Gasteiger partial charge in [-0.1, -0.05) is 0 Å². The summed E-state index contributed by atoms with van der Waals surface area (Å²) in [5, 5.41) is 0. The zero-order valence-corrected chi connectivity index (χ0v) is 7.80. The van der Waals surface area contributed by atoms with Gasteiger partial charge in [-0.25, -0.2) is 0 Å². The molecule has 2 N–H and O–H groups in total. The van der Waals surface area contributed by atoms with Gasteiger partial charge in [0.25, 0.3) is 0 Å². The van der Waals surface area contributed by atoms with E-state index in [-0.39, 0.29) is 30.3 Å². The van der Waals surface area contributed by atoms with Crippen molar-refractivity contribution in [3.8, 4) is 0 Å². The number of nitrogens with two attached hydrogens (primary N) is 1. The second kappa shape index (κ2) is 5.35. The molecule has 0 bridgehead atoms. The summed E-state index contributed by atoms with van der Waals surface area (Å²) in [5.74, 6) is -0.385. The summed E-state index contributed by atoms with van der Waals surface area (Å²) in [4.78, 5) is 11.0. The number of methoxy groups -OCH3 is 1. The van der Waals surface area contributed by atoms with Crippen LogP contribution in [0, 0.1) is 5.92 Å². The van der Waals surface area contributed by atoms with Crippen LogP contribution in [0.2, 0.25) is 0 Å². The maximum atomic E-state index is 11.0. The van der Waals surface area contributed by atoms with E-state index in [1.165, 1.54) is 7.11 Å². The van der Waals surface area contributed by atoms with Crippen LogP contribution in [0.3, 0.4) is 0 Å². The van der Waals surface area contributed by atoms with Gasteiger partial charge in [-0.05, 0) is 6.42 Å². The van der Waals surface area contributed by atoms with Crippen LogP contribution in [0.15, 0.2) is 0 Å². The molecule has 72 valence electrons. The predicted octanol–water partition coefficient (Wildman–Crippen LogP) is -0.0550. The molecule has 2 unspecified atom stereocenters. The number of ether oxygens (including phenoxy) is 2. The maximum Gasteiger partial charge on any atom is 0.311 e. The Balaban J connectivity index is 0.00000121. The first kappa shape index (κ1) is 11.7. The normalized spacial score (nSPS) is 28.8. The predicted molar refractivity (Wildman–Crippen MR) is 46.2 cm³/mol. The van der Waals surface area contributed by atoms with Crippen LogP contribution in [-0.4, -0.2) is 32.3 Å². The fourth-order valence-corrected chi connectivity index (χ4v) is 1.19. The molecule has 0 radical (unpaired) electrons. The lowest BCUT2D eigenvalue weighted by atomic mass is 9.99. The van der Waals surface area contributed by atoms with Crippen molar-refractivity contribution in [2.75, 3.05) is 20.3 Å². The number of hydrogen-bond donors (Lipinski definition) is 1. The largest absolute Gasteiger partial charge is 0.469 e. The van der Waals surface area contributed by atoms with Gasteiger partial charge in [-0.15, -0.1) is 12.4 Å². The van der Waals surface area contributed by atoms with E-state index < -0.39 is 0 Å². The van der Waals surface area contributed by atoms with Gasteiger partial charge in [-0.2, -0.15) is 0 Å². The molecule has 1 rings (SSSR count). The first-order valence-corrected chi connectivity index (χ1v) is 3.65. The molecular weight excluding hydrogens is 182 g/mol. The first-order valence-electron chi connectivity index (χ1n) is 3.65. The van der Waals surface area contributed by atoms with Crippen LogP contribution in [0.4, 0.5) is 0 Å². The van der Waals surface area contributed by atoms with Gasteiger partial charge < -0.3 is 15.2 Å². The molecule has 2 atom stereocenters. The highest BCUT2D eigenvalue weighted by Crippen LogP contribution is 2.13. The van der Waals surface area contributed by atoms with Crippen molar-refractivity contribution in [3.05, 3.63) is 0 Å². The van der Waals surface area contributed by atoms with Crippen molar-refractivity contribution in [3.63, 3.8) is 0 Å². The molecule has 1 fully saturated rings. The summed E-state index contributed by atoms with van der Waals surface area (Å²) in [7, 11) is 1.38. The minimum absolute atomic E-state index is 0. The van der Waals surface area contributed by atoms with E-state index in [9.17, 15) is 4.79 Å². The minimum Gasteiger partial charge on any atom is -0.469 e. The Bertz CT molecular complexity index is 154. The number of rotatable bonds is 1. The van der Waals surface area contributed by atoms with Crippen LogP contribution >= 0.6 is 12.4 Å². The SMILES string of the molecule is COC(=O)C1COCC(N)C1.Cl. The highest BCUT2D eigenvalue weighted by molar-refractivity contribution is 5.85. The monoisotopic (exact) mass is 195 g/mol. The number of carbonyl (C=O) groups excluding carboxylic acids is 1. The zero-order valence-electron chi connectivity index (χ0n) is 6.99. The Morgan fingerprint density at radius 3 is 2.75 bits per heavy atom. The van der Waals surface area contributed by atoms with Gasteiger partial charge in [0.1, 0.15) is 0 Å². The van der Waals surface area contributed by atoms with Crippen molar-refractivity contribution in [2.45, 2.75) is 12.5 Å². The van der Waals surface area contributed by atoms with Crippen LogP contribution in [0.25, 0.3) is 0 Å². The van der Waals surface area contributed by atoms with Crippen LogP contribution in [0.5, 0.6) is 0 Å². The average Bonchev–Trinajstić information content (AvgIpc) is 2.03. The topological polar surface area (TPSA) is 61.5 Å². The molecule has 0 amide bonds. The number of hydrogen-bond acceptors (Lipinski definition) is 4. The number of carbonyl (C=O) groups is 1. The van der Waals surface area contributed by atoms with Crippen LogP contribution < -0.4 is 5.73 Å². The molecule has 1 aliphatic rings. The lowest BCUT2D eigenvalue weighted by Gasteiger charge is -2.24. The van der Waals surface area contributed by atoms with Gasteiger partial charge in [0.2, 0.25) is 0 Å². The number of halogens is 1. The molecule has 0 spiro atoms. The average molecular weight is 196 g/mol. The lowest BCUT2D eigenvalue weighted by Crippen LogP contribution is -2.39. The van der Waals surface area contributed by atoms with Gasteiger partial charge in [0.05, 0.1) is 26.2 Å². The van der Waals surface area contributed by atoms with E-state index in [0.717, 1.165) is 0 Å². The third-order valence-electron chi connectivity index (χ3n) is 1.77. The van der Waals surface area contributed by atoms with Crippen molar-refractivity contribution in [1.82, 2.24) is 0 Å². The molecular formula is C7H14ClNO3. The van der Waals surface area contributed by atoms with Gasteiger partial charge in [-0.3, -0.25) is 4.79 Å². The van der Waals surface area contributed by atoms with E-state index in [2.05, 4.69) is 4.74 Å². The van der Waals surface area contributed by atoms with Crippen molar-refractivity contribution < 1.29 is 14.3 Å². The summed E-state index contributed by atoms with van der Waals surface area (Å²) >= 11 is 0. The quantitative estimate of drug-likeness (QED) is 0.596. The molecule has 0 aliphatic carbocycles. The molecule has 4 nitrogen and oxygen atoms in total. The maximum absolute atomic E-state index is 11.0. The van der Waals surface area contributed by atoms with E-state index in [1.54, 1.807) is 0 Å². The van der Waals surface area contributed by atoms with Gasteiger partial charge in [0.15, 0.2) is 0 Å². The van der Waals surface area contributed by atoms with E-state index >= 15 is 0 Å². The molecule has 0 saturated carbocycles. The summed E-state index contributed by atoms with van der Waals surface area (Å²) in [6.07, 6.45) is 0.673. The summed E-state index contributed by atoms with van der Waals surface area (Å²) in [6, 6.07) is -0.0205. The smallest absolute Gasteiger partial charge is 0.311 e. The molecule has 5 heteroatoms. The first-order chi connectivity index (χ1) is 5.24. The molecule has 12 heavy (non-hydrogen) atoms. The van der Waals surface area contributed by atoms with Gasteiger partial charge >= 0.3 is 5.97 Å². The Kier molecular flexibility index (Phi) is 5.20.